The number of esters is 1. The number of amides is 2. The molecule has 0 spiro atoms. The van der Waals surface area contributed by atoms with Crippen molar-refractivity contribution in [2.75, 3.05) is 63.6 Å². The van der Waals surface area contributed by atoms with Gasteiger partial charge >= 0.3 is 5.97 Å². The van der Waals surface area contributed by atoms with E-state index in [9.17, 15) is 24.5 Å². The van der Waals surface area contributed by atoms with Crippen molar-refractivity contribution >= 4 is 34.8 Å². The van der Waals surface area contributed by atoms with Gasteiger partial charge in [0.25, 0.3) is 11.6 Å². The fourth-order valence-electron chi connectivity index (χ4n) is 4.04. The van der Waals surface area contributed by atoms with E-state index in [2.05, 4.69) is 5.32 Å². The molecule has 1 saturated heterocycles. The van der Waals surface area contributed by atoms with E-state index in [-0.39, 0.29) is 29.6 Å². The number of rotatable bonds is 8. The summed E-state index contributed by atoms with van der Waals surface area (Å²) in [7, 11) is 3.40. The van der Waals surface area contributed by atoms with Gasteiger partial charge in [0, 0.05) is 58.1 Å². The second kappa shape index (κ2) is 11.6. The van der Waals surface area contributed by atoms with Gasteiger partial charge in [-0.1, -0.05) is 18.2 Å². The van der Waals surface area contributed by atoms with Gasteiger partial charge < -0.3 is 19.9 Å². The number of nitrogens with one attached hydrogen (secondary N) is 1. The van der Waals surface area contributed by atoms with Crippen molar-refractivity contribution < 1.29 is 24.0 Å². The number of nitrogens with zero attached hydrogens (tertiary/aromatic N) is 4. The molecule has 0 aromatic heterocycles. The van der Waals surface area contributed by atoms with Crippen LogP contribution in [0.15, 0.2) is 36.4 Å². The number of benzene rings is 2. The molecule has 2 aromatic carbocycles. The first-order chi connectivity index (χ1) is 17.1. The lowest BCUT2D eigenvalue weighted by Gasteiger charge is -2.34. The molecule has 2 aromatic rings. The zero-order valence-electron chi connectivity index (χ0n) is 20.9. The molecule has 0 radical (unpaired) electrons. The molecule has 1 N–H and O–H groups in total. The molecular weight excluding hydrogens is 466 g/mol. The summed E-state index contributed by atoms with van der Waals surface area (Å²) in [4.78, 5) is 53.4. The third-order valence-corrected chi connectivity index (χ3v) is 6.06. The second-order valence-electron chi connectivity index (χ2n) is 8.90. The van der Waals surface area contributed by atoms with E-state index in [0.29, 0.717) is 31.9 Å². The second-order valence-corrected chi connectivity index (χ2v) is 8.90. The van der Waals surface area contributed by atoms with Crippen molar-refractivity contribution in [3.63, 3.8) is 0 Å². The Hall–Kier alpha value is -3.99. The Morgan fingerprint density at radius 1 is 1.06 bits per heavy atom. The molecule has 0 bridgehead atoms. The number of non-ortho nitro benzene ring substituents is 1. The quantitative estimate of drug-likeness (QED) is 0.334. The van der Waals surface area contributed by atoms with Gasteiger partial charge in [-0.05, 0) is 31.0 Å². The summed E-state index contributed by atoms with van der Waals surface area (Å²) in [6.07, 6.45) is 0. The molecule has 2 amide bonds. The van der Waals surface area contributed by atoms with E-state index >= 15 is 0 Å². The molecule has 11 nitrogen and oxygen atoms in total. The van der Waals surface area contributed by atoms with Gasteiger partial charge in [-0.15, -0.1) is 0 Å². The molecule has 3 rings (SSSR count). The fourth-order valence-corrected chi connectivity index (χ4v) is 4.04. The van der Waals surface area contributed by atoms with Crippen molar-refractivity contribution in [2.24, 2.45) is 0 Å². The highest BCUT2D eigenvalue weighted by Gasteiger charge is 2.25. The van der Waals surface area contributed by atoms with Gasteiger partial charge in [-0.2, -0.15) is 0 Å². The molecular formula is C25H31N5O6. The van der Waals surface area contributed by atoms with Crippen LogP contribution in [0.2, 0.25) is 0 Å². The average Bonchev–Trinajstić information content (AvgIpc) is 2.84. The van der Waals surface area contributed by atoms with Crippen molar-refractivity contribution in [3.05, 3.63) is 63.2 Å². The van der Waals surface area contributed by atoms with Crippen molar-refractivity contribution in [1.82, 2.24) is 9.80 Å². The third-order valence-electron chi connectivity index (χ3n) is 6.06. The SMILES string of the molecule is Cc1cccc(C)c1NC(=O)CN1CCN(C(=O)COC(=O)c2cc([N+](=O)[O-])ccc2N(C)C)CC1. The molecule has 1 aliphatic rings. The number of piperazine rings is 1. The zero-order chi connectivity index (χ0) is 26.4. The summed E-state index contributed by atoms with van der Waals surface area (Å²) in [5.74, 6) is -1.29. The lowest BCUT2D eigenvalue weighted by molar-refractivity contribution is -0.384. The van der Waals surface area contributed by atoms with Gasteiger partial charge in [0.2, 0.25) is 5.91 Å². The molecule has 36 heavy (non-hydrogen) atoms. The van der Waals surface area contributed by atoms with Gasteiger partial charge in [0.1, 0.15) is 0 Å². The van der Waals surface area contributed by atoms with Crippen LogP contribution in [0.25, 0.3) is 0 Å². The van der Waals surface area contributed by atoms with Crippen LogP contribution in [0.5, 0.6) is 0 Å². The van der Waals surface area contributed by atoms with Crippen molar-refractivity contribution in [1.29, 1.82) is 0 Å². The first kappa shape index (κ1) is 26.6. The predicted octanol–water partition coefficient (Wildman–Crippen LogP) is 2.22. The first-order valence-electron chi connectivity index (χ1n) is 11.6. The Kier molecular flexibility index (Phi) is 8.59. The van der Waals surface area contributed by atoms with Crippen LogP contribution in [0.4, 0.5) is 17.1 Å². The minimum atomic E-state index is -0.808. The normalized spacial score (nSPS) is 13.7. The van der Waals surface area contributed by atoms with Crippen molar-refractivity contribution in [2.45, 2.75) is 13.8 Å². The van der Waals surface area contributed by atoms with E-state index in [1.807, 2.05) is 36.9 Å². The summed E-state index contributed by atoms with van der Waals surface area (Å²) in [6.45, 7) is 5.44. The van der Waals surface area contributed by atoms with E-state index in [4.69, 9.17) is 4.74 Å². The zero-order valence-corrected chi connectivity index (χ0v) is 20.9. The van der Waals surface area contributed by atoms with Gasteiger partial charge in [0.15, 0.2) is 6.61 Å². The number of carbonyl (C=O) groups excluding carboxylic acids is 3. The molecule has 1 fully saturated rings. The number of hydrogen-bond acceptors (Lipinski definition) is 8. The molecule has 1 aliphatic heterocycles. The molecule has 192 valence electrons. The molecule has 0 saturated carbocycles. The maximum absolute atomic E-state index is 12.6. The van der Waals surface area contributed by atoms with Gasteiger partial charge in [-0.25, -0.2) is 4.79 Å². The van der Waals surface area contributed by atoms with E-state index < -0.39 is 17.5 Å². The maximum Gasteiger partial charge on any atom is 0.341 e. The van der Waals surface area contributed by atoms with Crippen LogP contribution in [-0.4, -0.2) is 85.9 Å². The number of ether oxygens (including phenoxy) is 1. The third kappa shape index (κ3) is 6.57. The molecule has 0 atom stereocenters. The summed E-state index contributed by atoms with van der Waals surface area (Å²) in [6, 6.07) is 9.74. The number of nitro groups is 1. The summed E-state index contributed by atoms with van der Waals surface area (Å²) >= 11 is 0. The predicted molar refractivity (Wildman–Crippen MR) is 135 cm³/mol. The number of carbonyl (C=O) groups is 3. The largest absolute Gasteiger partial charge is 0.452 e. The number of para-hydroxylation sites is 1. The van der Waals surface area contributed by atoms with Crippen molar-refractivity contribution in [3.8, 4) is 0 Å². The topological polar surface area (TPSA) is 125 Å². The molecule has 0 aliphatic carbocycles. The molecule has 1 heterocycles. The van der Waals surface area contributed by atoms with Crippen LogP contribution in [0.1, 0.15) is 21.5 Å². The minimum Gasteiger partial charge on any atom is -0.452 e. The summed E-state index contributed by atoms with van der Waals surface area (Å²) in [5, 5.41) is 14.1. The van der Waals surface area contributed by atoms with Crippen LogP contribution in [0, 0.1) is 24.0 Å². The fraction of sp³-hybridized carbons (Fsp3) is 0.400. The van der Waals surface area contributed by atoms with Gasteiger partial charge in [0.05, 0.1) is 22.7 Å². The van der Waals surface area contributed by atoms with E-state index in [1.165, 1.54) is 12.1 Å². The van der Waals surface area contributed by atoms with E-state index in [0.717, 1.165) is 22.9 Å². The highest BCUT2D eigenvalue weighted by molar-refractivity contribution is 5.97. The van der Waals surface area contributed by atoms with Crippen LogP contribution >= 0.6 is 0 Å². The summed E-state index contributed by atoms with van der Waals surface area (Å²) in [5.41, 5.74) is 3.04. The highest BCUT2D eigenvalue weighted by Crippen LogP contribution is 2.25. The van der Waals surface area contributed by atoms with Gasteiger partial charge in [-0.3, -0.25) is 24.6 Å². The number of aryl methyl sites for hydroxylation is 2. The monoisotopic (exact) mass is 497 g/mol. The Morgan fingerprint density at radius 3 is 2.28 bits per heavy atom. The Morgan fingerprint density at radius 2 is 1.69 bits per heavy atom. The Bertz CT molecular complexity index is 1140. The molecule has 0 unspecified atom stereocenters. The van der Waals surface area contributed by atoms with Crippen LogP contribution in [0.3, 0.4) is 0 Å². The standard InChI is InChI=1S/C25H31N5O6/c1-17-6-5-7-18(2)24(17)26-22(31)15-28-10-12-29(13-11-28)23(32)16-36-25(33)20-14-19(30(34)35)8-9-21(20)27(3)4/h5-9,14H,10-13,15-16H2,1-4H3,(H,26,31). The molecule has 11 heteroatoms. The lowest BCUT2D eigenvalue weighted by atomic mass is 10.1. The number of anilines is 2. The average molecular weight is 498 g/mol. The number of hydrogen-bond donors (Lipinski definition) is 1. The summed E-state index contributed by atoms with van der Waals surface area (Å²) < 4.78 is 5.19. The highest BCUT2D eigenvalue weighted by atomic mass is 16.6. The Balaban J connectivity index is 1.49. The maximum atomic E-state index is 12.6. The minimum absolute atomic E-state index is 0.0155. The lowest BCUT2D eigenvalue weighted by Crippen LogP contribution is -2.51. The first-order valence-corrected chi connectivity index (χ1v) is 11.6. The smallest absolute Gasteiger partial charge is 0.341 e. The Labute approximate surface area is 209 Å². The van der Waals surface area contributed by atoms with Crippen LogP contribution in [-0.2, 0) is 14.3 Å². The number of nitro benzene ring substituents is 1. The van der Waals surface area contributed by atoms with E-state index in [1.54, 1.807) is 23.9 Å². The van der Waals surface area contributed by atoms with Crippen LogP contribution < -0.4 is 10.2 Å².